The van der Waals surface area contributed by atoms with Crippen molar-refractivity contribution in [1.82, 2.24) is 0 Å². The summed E-state index contributed by atoms with van der Waals surface area (Å²) >= 11 is 1.50. The van der Waals surface area contributed by atoms with Crippen molar-refractivity contribution in [3.8, 4) is 6.07 Å². The van der Waals surface area contributed by atoms with Gasteiger partial charge in [0, 0.05) is 17.3 Å². The van der Waals surface area contributed by atoms with Crippen molar-refractivity contribution >= 4 is 11.8 Å². The number of thioether (sulfide) groups is 1. The molecule has 2 nitrogen and oxygen atoms in total. The topological polar surface area (TPSA) is 33.0 Å². The number of hydrogen-bond donors (Lipinski definition) is 0. The van der Waals surface area contributed by atoms with Crippen LogP contribution in [0.15, 0.2) is 23.1 Å². The van der Waals surface area contributed by atoms with Crippen molar-refractivity contribution in [3.05, 3.63) is 29.6 Å². The molecule has 1 unspecified atom stereocenters. The third-order valence-corrected chi connectivity index (χ3v) is 3.73. The molecule has 1 aromatic rings. The van der Waals surface area contributed by atoms with E-state index < -0.39 is 5.82 Å². The zero-order valence-electron chi connectivity index (χ0n) is 8.78. The summed E-state index contributed by atoms with van der Waals surface area (Å²) in [6.07, 6.45) is 2.41. The lowest BCUT2D eigenvalue weighted by molar-refractivity contribution is 0.129. The average Bonchev–Trinajstić information content (AvgIpc) is 2.79. The second-order valence-electron chi connectivity index (χ2n) is 3.67. The molecule has 0 N–H and O–H groups in total. The Bertz CT molecular complexity index is 410. The Kier molecular flexibility index (Phi) is 3.81. The fraction of sp³-hybridized carbons (Fsp3) is 0.417. The molecule has 0 amide bonds. The molecule has 2 rings (SSSR count). The van der Waals surface area contributed by atoms with Crippen molar-refractivity contribution in [2.75, 3.05) is 12.4 Å². The van der Waals surface area contributed by atoms with Crippen molar-refractivity contribution in [3.63, 3.8) is 0 Å². The number of nitriles is 1. The smallest absolute Gasteiger partial charge is 0.142 e. The second kappa shape index (κ2) is 5.33. The van der Waals surface area contributed by atoms with E-state index in [1.807, 2.05) is 6.07 Å². The van der Waals surface area contributed by atoms with E-state index in [4.69, 9.17) is 10.00 Å². The summed E-state index contributed by atoms with van der Waals surface area (Å²) in [7, 11) is 0. The number of benzene rings is 1. The van der Waals surface area contributed by atoms with Gasteiger partial charge in [-0.2, -0.15) is 5.26 Å². The summed E-state index contributed by atoms with van der Waals surface area (Å²) < 4.78 is 18.8. The maximum Gasteiger partial charge on any atom is 0.142 e. The van der Waals surface area contributed by atoms with Gasteiger partial charge in [0.1, 0.15) is 17.4 Å². The summed E-state index contributed by atoms with van der Waals surface area (Å²) in [5.74, 6) is 0.345. The third-order valence-electron chi connectivity index (χ3n) is 2.54. The highest BCUT2D eigenvalue weighted by Gasteiger charge is 2.17. The molecule has 1 saturated heterocycles. The SMILES string of the molecule is N#Cc1c(F)cccc1SCC1CCCO1. The van der Waals surface area contributed by atoms with E-state index >= 15 is 0 Å². The Balaban J connectivity index is 2.03. The van der Waals surface area contributed by atoms with Crippen LogP contribution in [0.3, 0.4) is 0 Å². The van der Waals surface area contributed by atoms with Crippen LogP contribution in [-0.4, -0.2) is 18.5 Å². The molecule has 1 atom stereocenters. The van der Waals surface area contributed by atoms with E-state index in [0.29, 0.717) is 4.90 Å². The summed E-state index contributed by atoms with van der Waals surface area (Å²) in [6, 6.07) is 6.63. The highest BCUT2D eigenvalue weighted by atomic mass is 32.2. The van der Waals surface area contributed by atoms with Gasteiger partial charge in [-0.15, -0.1) is 11.8 Å². The van der Waals surface area contributed by atoms with Crippen LogP contribution in [0.5, 0.6) is 0 Å². The second-order valence-corrected chi connectivity index (χ2v) is 4.73. The molecular weight excluding hydrogens is 225 g/mol. The minimum atomic E-state index is -0.445. The lowest BCUT2D eigenvalue weighted by Gasteiger charge is -2.09. The van der Waals surface area contributed by atoms with Crippen LogP contribution < -0.4 is 0 Å². The van der Waals surface area contributed by atoms with Gasteiger partial charge in [0.25, 0.3) is 0 Å². The van der Waals surface area contributed by atoms with Crippen molar-refractivity contribution in [1.29, 1.82) is 5.26 Å². The van der Waals surface area contributed by atoms with Crippen LogP contribution in [0.25, 0.3) is 0 Å². The summed E-state index contributed by atoms with van der Waals surface area (Å²) in [4.78, 5) is 0.706. The van der Waals surface area contributed by atoms with Gasteiger partial charge in [-0.05, 0) is 25.0 Å². The number of halogens is 1. The number of hydrogen-bond acceptors (Lipinski definition) is 3. The fourth-order valence-corrected chi connectivity index (χ4v) is 2.78. The first-order valence-corrected chi connectivity index (χ1v) is 6.23. The molecular formula is C12H12FNOS. The molecule has 4 heteroatoms. The van der Waals surface area contributed by atoms with Gasteiger partial charge in [-0.3, -0.25) is 0 Å². The minimum Gasteiger partial charge on any atom is -0.377 e. The average molecular weight is 237 g/mol. The molecule has 0 aromatic heterocycles. The first kappa shape index (κ1) is 11.4. The van der Waals surface area contributed by atoms with E-state index in [-0.39, 0.29) is 11.7 Å². The standard InChI is InChI=1S/C12H12FNOS/c13-11-4-1-5-12(10(11)7-14)16-8-9-3-2-6-15-9/h1,4-5,9H,2-3,6,8H2. The van der Waals surface area contributed by atoms with Gasteiger partial charge in [0.05, 0.1) is 6.10 Å². The predicted octanol–water partition coefficient (Wildman–Crippen LogP) is 2.97. The summed E-state index contributed by atoms with van der Waals surface area (Å²) in [5, 5.41) is 8.86. The Morgan fingerprint density at radius 1 is 1.56 bits per heavy atom. The van der Waals surface area contributed by atoms with E-state index in [2.05, 4.69) is 0 Å². The lowest BCUT2D eigenvalue weighted by atomic mass is 10.2. The first-order chi connectivity index (χ1) is 7.81. The quantitative estimate of drug-likeness (QED) is 0.758. The number of ether oxygens (including phenoxy) is 1. The molecule has 0 bridgehead atoms. The molecule has 0 radical (unpaired) electrons. The zero-order valence-corrected chi connectivity index (χ0v) is 9.60. The van der Waals surface area contributed by atoms with Crippen LogP contribution in [-0.2, 0) is 4.74 Å². The van der Waals surface area contributed by atoms with E-state index in [1.54, 1.807) is 12.1 Å². The Hall–Kier alpha value is -1.05. The van der Waals surface area contributed by atoms with Crippen LogP contribution in [0.1, 0.15) is 18.4 Å². The minimum absolute atomic E-state index is 0.144. The first-order valence-electron chi connectivity index (χ1n) is 5.24. The molecule has 16 heavy (non-hydrogen) atoms. The van der Waals surface area contributed by atoms with Gasteiger partial charge < -0.3 is 4.74 Å². The van der Waals surface area contributed by atoms with Crippen molar-refractivity contribution in [2.45, 2.75) is 23.8 Å². The molecule has 1 aliphatic heterocycles. The van der Waals surface area contributed by atoms with Gasteiger partial charge in [-0.1, -0.05) is 6.07 Å². The van der Waals surface area contributed by atoms with E-state index in [9.17, 15) is 4.39 Å². The Morgan fingerprint density at radius 2 is 2.44 bits per heavy atom. The van der Waals surface area contributed by atoms with E-state index in [1.165, 1.54) is 17.8 Å². The maximum atomic E-state index is 13.3. The monoisotopic (exact) mass is 237 g/mol. The number of rotatable bonds is 3. The highest BCUT2D eigenvalue weighted by Crippen LogP contribution is 2.27. The molecule has 0 aliphatic carbocycles. The maximum absolute atomic E-state index is 13.3. The fourth-order valence-electron chi connectivity index (χ4n) is 1.69. The molecule has 0 saturated carbocycles. The Morgan fingerprint density at radius 3 is 3.12 bits per heavy atom. The van der Waals surface area contributed by atoms with Gasteiger partial charge >= 0.3 is 0 Å². The van der Waals surface area contributed by atoms with Gasteiger partial charge in [0.15, 0.2) is 0 Å². The number of nitrogens with zero attached hydrogens (tertiary/aromatic N) is 1. The molecule has 0 spiro atoms. The largest absolute Gasteiger partial charge is 0.377 e. The lowest BCUT2D eigenvalue weighted by Crippen LogP contribution is -2.08. The van der Waals surface area contributed by atoms with Crippen LogP contribution in [0.4, 0.5) is 4.39 Å². The summed E-state index contributed by atoms with van der Waals surface area (Å²) in [5.41, 5.74) is 0.144. The predicted molar refractivity (Wildman–Crippen MR) is 60.8 cm³/mol. The van der Waals surface area contributed by atoms with Gasteiger partial charge in [0.2, 0.25) is 0 Å². The molecule has 84 valence electrons. The van der Waals surface area contributed by atoms with Crippen LogP contribution >= 0.6 is 11.8 Å². The van der Waals surface area contributed by atoms with Crippen molar-refractivity contribution in [2.24, 2.45) is 0 Å². The normalized spacial score (nSPS) is 19.6. The molecule has 1 aliphatic rings. The van der Waals surface area contributed by atoms with Crippen LogP contribution in [0, 0.1) is 17.1 Å². The summed E-state index contributed by atoms with van der Waals surface area (Å²) in [6.45, 7) is 0.819. The zero-order chi connectivity index (χ0) is 11.4. The van der Waals surface area contributed by atoms with Crippen LogP contribution in [0.2, 0.25) is 0 Å². The van der Waals surface area contributed by atoms with Gasteiger partial charge in [-0.25, -0.2) is 4.39 Å². The van der Waals surface area contributed by atoms with Crippen molar-refractivity contribution < 1.29 is 9.13 Å². The third kappa shape index (κ3) is 2.55. The molecule has 1 fully saturated rings. The van der Waals surface area contributed by atoms with E-state index in [0.717, 1.165) is 25.2 Å². The Labute approximate surface area is 98.4 Å². The molecule has 1 heterocycles. The molecule has 1 aromatic carbocycles. The highest BCUT2D eigenvalue weighted by molar-refractivity contribution is 7.99.